The molecule has 0 amide bonds. The zero-order chi connectivity index (χ0) is 19.6. The van der Waals surface area contributed by atoms with E-state index in [1.807, 2.05) is 0 Å². The molecule has 1 fully saturated rings. The molecule has 0 saturated carbocycles. The molecule has 0 unspecified atom stereocenters. The number of piperazine rings is 1. The molecule has 1 aliphatic rings. The predicted octanol–water partition coefficient (Wildman–Crippen LogP) is 5.44. The third-order valence-electron chi connectivity index (χ3n) is 4.34. The molecule has 162 valence electrons. The maximum atomic E-state index is 12.4. The Morgan fingerprint density at radius 3 is 2.14 bits per heavy atom. The van der Waals surface area contributed by atoms with Crippen molar-refractivity contribution < 1.29 is 23.0 Å². The molecule has 2 N–H and O–H groups in total. The fourth-order valence-electron chi connectivity index (χ4n) is 3.15. The van der Waals surface area contributed by atoms with Crippen molar-refractivity contribution in [3.63, 3.8) is 0 Å². The summed E-state index contributed by atoms with van der Waals surface area (Å²) < 4.78 is 41.1. The van der Waals surface area contributed by atoms with E-state index in [0.29, 0.717) is 24.2 Å². The first-order valence-electron chi connectivity index (χ1n) is 8.23. The van der Waals surface area contributed by atoms with E-state index in [9.17, 15) is 18.3 Å². The number of nitrogens with zero attached hydrogens (tertiary/aromatic N) is 1. The number of benzene rings is 2. The minimum atomic E-state index is -4.75. The molecule has 0 spiro atoms. The van der Waals surface area contributed by atoms with E-state index in [1.165, 1.54) is 12.1 Å². The largest absolute Gasteiger partial charge is 0.573 e. The number of hydrogen-bond donors (Lipinski definition) is 2. The summed E-state index contributed by atoms with van der Waals surface area (Å²) in [5.74, 6) is -0.438. The van der Waals surface area contributed by atoms with Crippen molar-refractivity contribution in [3.05, 3.63) is 57.6 Å². The van der Waals surface area contributed by atoms with Gasteiger partial charge in [0.15, 0.2) is 0 Å². The number of ether oxygens (including phenoxy) is 1. The van der Waals surface area contributed by atoms with Crippen molar-refractivity contribution in [3.8, 4) is 11.5 Å². The number of phenolic OH excluding ortho intramolecular Hbond substituents is 1. The maximum absolute atomic E-state index is 12.4. The standard InChI is InChI=1S/C18H17Cl2F3N2O2.2ClH/c19-14-6-5-13(17(26)15(14)20)16(25-9-7-24-8-10-25)11-1-3-12(4-2-11)27-18(21,22)23;;/h1-6,16,24,26H,7-10H2;2*1H/t16-;;/m0../s1. The SMILES string of the molecule is Cl.Cl.Oc1c([C@H](c2ccc(OC(F)(F)F)cc2)N2CCNCC2)ccc(Cl)c1Cl. The van der Waals surface area contributed by atoms with Crippen LogP contribution in [-0.2, 0) is 0 Å². The average Bonchev–Trinajstić information content (AvgIpc) is 2.63. The Morgan fingerprint density at radius 1 is 1.00 bits per heavy atom. The molecule has 1 aliphatic heterocycles. The van der Waals surface area contributed by atoms with Gasteiger partial charge in [-0.15, -0.1) is 38.0 Å². The fourth-order valence-corrected chi connectivity index (χ4v) is 3.48. The van der Waals surface area contributed by atoms with Gasteiger partial charge < -0.3 is 15.2 Å². The number of phenols is 1. The highest BCUT2D eigenvalue weighted by Gasteiger charge is 2.32. The van der Waals surface area contributed by atoms with E-state index < -0.39 is 6.36 Å². The first-order chi connectivity index (χ1) is 12.8. The van der Waals surface area contributed by atoms with E-state index in [2.05, 4.69) is 15.0 Å². The Kier molecular flexibility index (Phi) is 9.66. The van der Waals surface area contributed by atoms with Gasteiger partial charge in [-0.2, -0.15) is 0 Å². The quantitative estimate of drug-likeness (QED) is 0.595. The summed E-state index contributed by atoms with van der Waals surface area (Å²) in [7, 11) is 0. The number of alkyl halides is 3. The molecule has 4 nitrogen and oxygen atoms in total. The fraction of sp³-hybridized carbons (Fsp3) is 0.333. The molecule has 2 aromatic carbocycles. The second-order valence-corrected chi connectivity index (χ2v) is 6.89. The van der Waals surface area contributed by atoms with Gasteiger partial charge in [-0.1, -0.05) is 41.4 Å². The van der Waals surface area contributed by atoms with E-state index in [-0.39, 0.29) is 52.4 Å². The molecular formula is C18H19Cl4F3N2O2. The van der Waals surface area contributed by atoms with Gasteiger partial charge in [0.05, 0.1) is 11.1 Å². The monoisotopic (exact) mass is 492 g/mol. The van der Waals surface area contributed by atoms with Gasteiger partial charge in [0.25, 0.3) is 0 Å². The number of halogens is 7. The summed E-state index contributed by atoms with van der Waals surface area (Å²) in [6.45, 7) is 2.91. The summed E-state index contributed by atoms with van der Waals surface area (Å²) >= 11 is 12.1. The van der Waals surface area contributed by atoms with E-state index in [1.54, 1.807) is 24.3 Å². The second kappa shape index (κ2) is 10.8. The van der Waals surface area contributed by atoms with Gasteiger partial charge in [-0.3, -0.25) is 4.90 Å². The third-order valence-corrected chi connectivity index (χ3v) is 5.14. The van der Waals surface area contributed by atoms with Crippen molar-refractivity contribution in [2.24, 2.45) is 0 Å². The molecule has 2 aromatic rings. The van der Waals surface area contributed by atoms with Crippen LogP contribution >= 0.6 is 48.0 Å². The van der Waals surface area contributed by atoms with E-state index in [4.69, 9.17) is 23.2 Å². The van der Waals surface area contributed by atoms with Gasteiger partial charge in [0.1, 0.15) is 16.5 Å². The van der Waals surface area contributed by atoms with Crippen molar-refractivity contribution in [2.75, 3.05) is 26.2 Å². The van der Waals surface area contributed by atoms with Crippen LogP contribution in [0.3, 0.4) is 0 Å². The molecule has 1 atom stereocenters. The lowest BCUT2D eigenvalue weighted by Gasteiger charge is -2.36. The third kappa shape index (κ3) is 6.44. The molecule has 1 heterocycles. The van der Waals surface area contributed by atoms with Crippen LogP contribution in [0.15, 0.2) is 36.4 Å². The minimum absolute atomic E-state index is 0. The van der Waals surface area contributed by atoms with Crippen molar-refractivity contribution >= 4 is 48.0 Å². The van der Waals surface area contributed by atoms with Crippen molar-refractivity contribution in [2.45, 2.75) is 12.4 Å². The summed E-state index contributed by atoms with van der Waals surface area (Å²) in [5.41, 5.74) is 1.25. The highest BCUT2D eigenvalue weighted by Crippen LogP contribution is 2.41. The van der Waals surface area contributed by atoms with Crippen molar-refractivity contribution in [1.29, 1.82) is 0 Å². The maximum Gasteiger partial charge on any atom is 0.573 e. The predicted molar refractivity (Wildman–Crippen MR) is 112 cm³/mol. The second-order valence-electron chi connectivity index (χ2n) is 6.10. The van der Waals surface area contributed by atoms with Crippen LogP contribution in [0.2, 0.25) is 10.0 Å². The summed E-state index contributed by atoms with van der Waals surface area (Å²) in [6.07, 6.45) is -4.75. The number of aromatic hydroxyl groups is 1. The lowest BCUT2D eigenvalue weighted by molar-refractivity contribution is -0.274. The topological polar surface area (TPSA) is 44.7 Å². The van der Waals surface area contributed by atoms with Crippen LogP contribution in [0, 0.1) is 0 Å². The van der Waals surface area contributed by atoms with Gasteiger partial charge in [0, 0.05) is 31.7 Å². The summed E-state index contributed by atoms with van der Waals surface area (Å²) in [4.78, 5) is 2.12. The number of rotatable bonds is 4. The van der Waals surface area contributed by atoms with Gasteiger partial charge in [-0.05, 0) is 23.8 Å². The molecule has 29 heavy (non-hydrogen) atoms. The Labute approximate surface area is 188 Å². The zero-order valence-corrected chi connectivity index (χ0v) is 18.0. The van der Waals surface area contributed by atoms with Crippen molar-refractivity contribution in [1.82, 2.24) is 10.2 Å². The average molecular weight is 494 g/mol. The van der Waals surface area contributed by atoms with Crippen LogP contribution in [0.5, 0.6) is 11.5 Å². The molecule has 0 aromatic heterocycles. The zero-order valence-electron chi connectivity index (χ0n) is 14.9. The number of hydrogen-bond acceptors (Lipinski definition) is 4. The molecule has 0 aliphatic carbocycles. The van der Waals surface area contributed by atoms with Crippen LogP contribution in [-0.4, -0.2) is 42.5 Å². The van der Waals surface area contributed by atoms with Gasteiger partial charge in [-0.25, -0.2) is 0 Å². The van der Waals surface area contributed by atoms with Crippen LogP contribution < -0.4 is 10.1 Å². The van der Waals surface area contributed by atoms with Crippen LogP contribution in [0.1, 0.15) is 17.2 Å². The normalized spacial score (nSPS) is 15.8. The smallest absolute Gasteiger partial charge is 0.506 e. The Bertz CT molecular complexity index is 801. The van der Waals surface area contributed by atoms with E-state index in [0.717, 1.165) is 13.1 Å². The Hall–Kier alpha value is -1.09. The van der Waals surface area contributed by atoms with Gasteiger partial charge in [0.2, 0.25) is 0 Å². The number of nitrogens with one attached hydrogen (secondary N) is 1. The first kappa shape index (κ1) is 25.9. The highest BCUT2D eigenvalue weighted by atomic mass is 35.5. The summed E-state index contributed by atoms with van der Waals surface area (Å²) in [5, 5.41) is 14.0. The molecular weight excluding hydrogens is 475 g/mol. The Balaban J connectivity index is 0.00000210. The molecule has 1 saturated heterocycles. The highest BCUT2D eigenvalue weighted by molar-refractivity contribution is 6.43. The molecule has 3 rings (SSSR count). The molecule has 0 bridgehead atoms. The van der Waals surface area contributed by atoms with Crippen LogP contribution in [0.4, 0.5) is 13.2 Å². The first-order valence-corrected chi connectivity index (χ1v) is 8.99. The summed E-state index contributed by atoms with van der Waals surface area (Å²) in [6, 6.07) is 8.50. The lowest BCUT2D eigenvalue weighted by atomic mass is 9.95. The molecule has 11 heteroatoms. The molecule has 0 radical (unpaired) electrons. The van der Waals surface area contributed by atoms with E-state index >= 15 is 0 Å². The Morgan fingerprint density at radius 2 is 1.59 bits per heavy atom. The van der Waals surface area contributed by atoms with Crippen LogP contribution in [0.25, 0.3) is 0 Å². The minimum Gasteiger partial charge on any atom is -0.506 e. The van der Waals surface area contributed by atoms with Gasteiger partial charge >= 0.3 is 6.36 Å². The lowest BCUT2D eigenvalue weighted by Crippen LogP contribution is -2.45.